The third-order valence-electron chi connectivity index (χ3n) is 3.97. The highest BCUT2D eigenvalue weighted by molar-refractivity contribution is 5.69. The van der Waals surface area contributed by atoms with Gasteiger partial charge in [0.2, 0.25) is 0 Å². The summed E-state index contributed by atoms with van der Waals surface area (Å²) >= 11 is 0. The topological polar surface area (TPSA) is 21.3 Å². The molecule has 0 radical (unpaired) electrons. The second-order valence-electron chi connectivity index (χ2n) is 5.24. The van der Waals surface area contributed by atoms with Gasteiger partial charge < -0.3 is 10.1 Å². The van der Waals surface area contributed by atoms with E-state index in [1.54, 1.807) is 0 Å². The number of ether oxygens (including phenoxy) is 1. The Morgan fingerprint density at radius 1 is 1.10 bits per heavy atom. The van der Waals surface area contributed by atoms with Crippen LogP contribution in [0.1, 0.15) is 23.7 Å². The maximum Gasteiger partial charge on any atom is 0.0840 e. The van der Waals surface area contributed by atoms with Crippen LogP contribution in [0.15, 0.2) is 48.5 Å². The molecule has 0 saturated carbocycles. The average molecular weight is 267 g/mol. The van der Waals surface area contributed by atoms with Gasteiger partial charge in [-0.05, 0) is 48.7 Å². The Bertz CT molecular complexity index is 565. The lowest BCUT2D eigenvalue weighted by molar-refractivity contribution is 0.0373. The summed E-state index contributed by atoms with van der Waals surface area (Å²) in [6, 6.07) is 17.3. The summed E-state index contributed by atoms with van der Waals surface area (Å²) in [5, 5.41) is 3.21. The van der Waals surface area contributed by atoms with Gasteiger partial charge in [0.05, 0.1) is 12.7 Å². The number of benzene rings is 2. The zero-order chi connectivity index (χ0) is 13.8. The lowest BCUT2D eigenvalue weighted by Gasteiger charge is -2.28. The highest BCUT2D eigenvalue weighted by Crippen LogP contribution is 2.35. The van der Waals surface area contributed by atoms with Crippen molar-refractivity contribution in [3.63, 3.8) is 0 Å². The predicted octanol–water partition coefficient (Wildman–Crippen LogP) is 3.58. The number of rotatable bonds is 4. The highest BCUT2D eigenvalue weighted by atomic mass is 16.5. The number of hydrogen-bond donors (Lipinski definition) is 1. The molecule has 2 nitrogen and oxygen atoms in total. The Balaban J connectivity index is 1.99. The largest absolute Gasteiger partial charge is 0.373 e. The van der Waals surface area contributed by atoms with E-state index in [1.165, 1.54) is 22.3 Å². The Morgan fingerprint density at radius 3 is 2.75 bits per heavy atom. The van der Waals surface area contributed by atoms with Gasteiger partial charge in [0.25, 0.3) is 0 Å². The Hall–Kier alpha value is -1.64. The van der Waals surface area contributed by atoms with E-state index >= 15 is 0 Å². The second-order valence-corrected chi connectivity index (χ2v) is 5.24. The van der Waals surface area contributed by atoms with Gasteiger partial charge >= 0.3 is 0 Å². The lowest BCUT2D eigenvalue weighted by atomic mass is 9.89. The first-order valence-electron chi connectivity index (χ1n) is 7.33. The number of hydrogen-bond acceptors (Lipinski definition) is 2. The smallest absolute Gasteiger partial charge is 0.0840 e. The molecule has 1 aliphatic rings. The SMILES string of the molecule is CNCC[C@@H]1OCCc2c(-c3ccccc3)cccc21. The van der Waals surface area contributed by atoms with Crippen LogP contribution >= 0.6 is 0 Å². The normalized spacial score (nSPS) is 17.8. The van der Waals surface area contributed by atoms with Crippen molar-refractivity contribution in [1.82, 2.24) is 5.32 Å². The van der Waals surface area contributed by atoms with Crippen molar-refractivity contribution in [2.75, 3.05) is 20.2 Å². The van der Waals surface area contributed by atoms with E-state index in [-0.39, 0.29) is 6.10 Å². The minimum atomic E-state index is 0.231. The van der Waals surface area contributed by atoms with E-state index in [2.05, 4.69) is 53.8 Å². The van der Waals surface area contributed by atoms with Gasteiger partial charge in [-0.3, -0.25) is 0 Å². The first-order valence-corrected chi connectivity index (χ1v) is 7.33. The van der Waals surface area contributed by atoms with Crippen LogP contribution in [-0.2, 0) is 11.2 Å². The molecule has 2 aromatic carbocycles. The Morgan fingerprint density at radius 2 is 1.95 bits per heavy atom. The van der Waals surface area contributed by atoms with Crippen LogP contribution in [0, 0.1) is 0 Å². The second kappa shape index (κ2) is 6.21. The summed E-state index contributed by atoms with van der Waals surface area (Å²) < 4.78 is 5.96. The quantitative estimate of drug-likeness (QED) is 0.914. The maximum absolute atomic E-state index is 5.96. The minimum Gasteiger partial charge on any atom is -0.373 e. The first kappa shape index (κ1) is 13.3. The molecule has 0 aromatic heterocycles. The van der Waals surface area contributed by atoms with Gasteiger partial charge in [-0.25, -0.2) is 0 Å². The molecule has 0 amide bonds. The molecule has 1 heterocycles. The molecule has 0 spiro atoms. The highest BCUT2D eigenvalue weighted by Gasteiger charge is 2.22. The van der Waals surface area contributed by atoms with E-state index in [0.717, 1.165) is 26.0 Å². The molecule has 0 aliphatic carbocycles. The summed E-state index contributed by atoms with van der Waals surface area (Å²) in [6.07, 6.45) is 2.27. The lowest BCUT2D eigenvalue weighted by Crippen LogP contribution is -2.21. The van der Waals surface area contributed by atoms with Gasteiger partial charge in [-0.1, -0.05) is 48.5 Å². The molecule has 0 bridgehead atoms. The zero-order valence-electron chi connectivity index (χ0n) is 11.9. The van der Waals surface area contributed by atoms with Crippen LogP contribution in [0.4, 0.5) is 0 Å². The average Bonchev–Trinajstić information content (AvgIpc) is 2.53. The fourth-order valence-corrected chi connectivity index (χ4v) is 2.98. The van der Waals surface area contributed by atoms with E-state index in [4.69, 9.17) is 4.74 Å². The molecule has 0 fully saturated rings. The molecule has 3 rings (SSSR count). The van der Waals surface area contributed by atoms with Crippen LogP contribution in [0.3, 0.4) is 0 Å². The van der Waals surface area contributed by atoms with Crippen LogP contribution in [0.2, 0.25) is 0 Å². The molecule has 2 heteroatoms. The van der Waals surface area contributed by atoms with Gasteiger partial charge in [-0.15, -0.1) is 0 Å². The molecular formula is C18H21NO. The molecule has 1 aliphatic heterocycles. The van der Waals surface area contributed by atoms with E-state index in [9.17, 15) is 0 Å². The van der Waals surface area contributed by atoms with E-state index < -0.39 is 0 Å². The fourth-order valence-electron chi connectivity index (χ4n) is 2.98. The summed E-state index contributed by atoms with van der Waals surface area (Å²) in [6.45, 7) is 1.81. The zero-order valence-corrected chi connectivity index (χ0v) is 11.9. The number of fused-ring (bicyclic) bond motifs is 1. The van der Waals surface area contributed by atoms with Crippen molar-refractivity contribution in [2.45, 2.75) is 18.9 Å². The van der Waals surface area contributed by atoms with Crippen LogP contribution in [-0.4, -0.2) is 20.2 Å². The summed E-state index contributed by atoms with van der Waals surface area (Å²) in [4.78, 5) is 0. The van der Waals surface area contributed by atoms with Gasteiger partial charge in [0.1, 0.15) is 0 Å². The third kappa shape index (κ3) is 2.62. The summed E-state index contributed by atoms with van der Waals surface area (Å²) in [7, 11) is 1.99. The Kier molecular flexibility index (Phi) is 4.14. The predicted molar refractivity (Wildman–Crippen MR) is 82.8 cm³/mol. The molecule has 0 saturated heterocycles. The van der Waals surface area contributed by atoms with Gasteiger partial charge in [0, 0.05) is 0 Å². The van der Waals surface area contributed by atoms with E-state index in [0.29, 0.717) is 0 Å². The molecule has 0 unspecified atom stereocenters. The van der Waals surface area contributed by atoms with E-state index in [1.807, 2.05) is 7.05 Å². The van der Waals surface area contributed by atoms with Crippen LogP contribution in [0.5, 0.6) is 0 Å². The fraction of sp³-hybridized carbons (Fsp3) is 0.333. The molecule has 1 N–H and O–H groups in total. The maximum atomic E-state index is 5.96. The minimum absolute atomic E-state index is 0.231. The van der Waals surface area contributed by atoms with Gasteiger partial charge in [-0.2, -0.15) is 0 Å². The van der Waals surface area contributed by atoms with Crippen LogP contribution in [0.25, 0.3) is 11.1 Å². The molecule has 20 heavy (non-hydrogen) atoms. The Labute approximate surface area is 120 Å². The van der Waals surface area contributed by atoms with Crippen molar-refractivity contribution < 1.29 is 4.74 Å². The monoisotopic (exact) mass is 267 g/mol. The van der Waals surface area contributed by atoms with Gasteiger partial charge in [0.15, 0.2) is 0 Å². The summed E-state index contributed by atoms with van der Waals surface area (Å²) in [5.41, 5.74) is 5.50. The molecule has 104 valence electrons. The first-order chi connectivity index (χ1) is 9.90. The van der Waals surface area contributed by atoms with Crippen LogP contribution < -0.4 is 5.32 Å². The standard InChI is InChI=1S/C18H21NO/c1-19-12-10-18-17-9-5-8-15(16(17)11-13-20-18)14-6-3-2-4-7-14/h2-9,18-19H,10-13H2,1H3/t18-/m0/s1. The molecular weight excluding hydrogens is 246 g/mol. The molecule has 2 aromatic rings. The van der Waals surface area contributed by atoms with Crippen molar-refractivity contribution in [1.29, 1.82) is 0 Å². The number of nitrogens with one attached hydrogen (secondary N) is 1. The van der Waals surface area contributed by atoms with Crippen molar-refractivity contribution in [2.24, 2.45) is 0 Å². The van der Waals surface area contributed by atoms with Crippen molar-refractivity contribution >= 4 is 0 Å². The van der Waals surface area contributed by atoms with Crippen molar-refractivity contribution in [3.05, 3.63) is 59.7 Å². The summed E-state index contributed by atoms with van der Waals surface area (Å²) in [5.74, 6) is 0. The molecule has 1 atom stereocenters. The van der Waals surface area contributed by atoms with Crippen molar-refractivity contribution in [3.8, 4) is 11.1 Å². The third-order valence-corrected chi connectivity index (χ3v) is 3.97.